The minimum Gasteiger partial charge on any atom is -0.497 e. The molecule has 0 atom stereocenters. The van der Waals surface area contributed by atoms with Crippen molar-refractivity contribution in [3.63, 3.8) is 0 Å². The Kier molecular flexibility index (Phi) is 2.87. The van der Waals surface area contributed by atoms with Crippen molar-refractivity contribution in [2.75, 3.05) is 7.11 Å². The maximum atomic E-state index is 5.79. The fraction of sp³-hybridized carbons (Fsp3) is 0.429. The van der Waals surface area contributed by atoms with E-state index in [0.29, 0.717) is 6.54 Å². The van der Waals surface area contributed by atoms with E-state index in [1.165, 1.54) is 5.56 Å². The average molecular weight is 233 g/mol. The Morgan fingerprint density at radius 2 is 2.00 bits per heavy atom. The van der Waals surface area contributed by atoms with Crippen LogP contribution in [0.1, 0.15) is 32.1 Å². The van der Waals surface area contributed by atoms with Crippen molar-refractivity contribution in [3.05, 3.63) is 29.5 Å². The lowest BCUT2D eigenvalue weighted by molar-refractivity contribution is 0.415. The zero-order valence-corrected chi connectivity index (χ0v) is 10.8. The highest BCUT2D eigenvalue weighted by molar-refractivity contribution is 5.84. The monoisotopic (exact) mass is 233 g/mol. The van der Waals surface area contributed by atoms with E-state index >= 15 is 0 Å². The first-order valence-corrected chi connectivity index (χ1v) is 5.77. The largest absolute Gasteiger partial charge is 0.497 e. The summed E-state index contributed by atoms with van der Waals surface area (Å²) in [5.41, 5.74) is 7.81. The van der Waals surface area contributed by atoms with E-state index in [0.717, 1.165) is 22.5 Å². The van der Waals surface area contributed by atoms with E-state index in [2.05, 4.69) is 20.8 Å². The van der Waals surface area contributed by atoms with E-state index < -0.39 is 0 Å². The highest BCUT2D eigenvalue weighted by Gasteiger charge is 2.24. The van der Waals surface area contributed by atoms with Crippen molar-refractivity contribution in [2.24, 2.45) is 5.73 Å². The number of hydrogen-bond donors (Lipinski definition) is 1. The first kappa shape index (κ1) is 12.0. The maximum Gasteiger partial charge on any atom is 0.134 e. The second-order valence-corrected chi connectivity index (χ2v) is 5.22. The molecule has 3 nitrogen and oxygen atoms in total. The first-order valence-electron chi connectivity index (χ1n) is 5.77. The molecule has 0 spiro atoms. The van der Waals surface area contributed by atoms with Crippen LogP contribution < -0.4 is 10.5 Å². The molecule has 0 aliphatic carbocycles. The summed E-state index contributed by atoms with van der Waals surface area (Å²) < 4.78 is 11.1. The summed E-state index contributed by atoms with van der Waals surface area (Å²) in [6.45, 7) is 6.91. The van der Waals surface area contributed by atoms with Gasteiger partial charge in [-0.25, -0.2) is 0 Å². The zero-order chi connectivity index (χ0) is 12.6. The third kappa shape index (κ3) is 2.03. The molecule has 17 heavy (non-hydrogen) atoms. The van der Waals surface area contributed by atoms with Crippen molar-refractivity contribution in [1.82, 2.24) is 0 Å². The third-order valence-corrected chi connectivity index (χ3v) is 2.90. The van der Waals surface area contributed by atoms with Gasteiger partial charge in [0, 0.05) is 10.9 Å². The van der Waals surface area contributed by atoms with Crippen LogP contribution in [0.25, 0.3) is 11.0 Å². The van der Waals surface area contributed by atoms with Gasteiger partial charge >= 0.3 is 0 Å². The van der Waals surface area contributed by atoms with Gasteiger partial charge in [-0.2, -0.15) is 0 Å². The summed E-state index contributed by atoms with van der Waals surface area (Å²) in [5, 5.41) is 1.09. The summed E-state index contributed by atoms with van der Waals surface area (Å²) in [5.74, 6) is 1.70. The van der Waals surface area contributed by atoms with Crippen LogP contribution in [0.4, 0.5) is 0 Å². The Morgan fingerprint density at radius 1 is 1.29 bits per heavy atom. The van der Waals surface area contributed by atoms with Crippen LogP contribution in [-0.2, 0) is 12.0 Å². The number of methoxy groups -OCH3 is 1. The summed E-state index contributed by atoms with van der Waals surface area (Å²) in [7, 11) is 1.67. The molecule has 0 fully saturated rings. The molecule has 0 bridgehead atoms. The standard InChI is InChI=1S/C14H19NO2/c1-14(2,3)13-10-7-9(16-4)5-6-11(10)17-12(13)8-15/h5-7H,8,15H2,1-4H3. The lowest BCUT2D eigenvalue weighted by atomic mass is 9.85. The molecule has 0 saturated heterocycles. The van der Waals surface area contributed by atoms with Crippen molar-refractivity contribution in [3.8, 4) is 5.75 Å². The normalized spacial score (nSPS) is 12.1. The van der Waals surface area contributed by atoms with Crippen LogP contribution in [0.5, 0.6) is 5.75 Å². The minimum atomic E-state index is 0.00627. The number of rotatable bonds is 2. The lowest BCUT2D eigenvalue weighted by Gasteiger charge is -2.18. The van der Waals surface area contributed by atoms with Gasteiger partial charge in [-0.3, -0.25) is 0 Å². The van der Waals surface area contributed by atoms with Crippen molar-refractivity contribution >= 4 is 11.0 Å². The molecule has 0 amide bonds. The number of benzene rings is 1. The van der Waals surface area contributed by atoms with Crippen molar-refractivity contribution < 1.29 is 9.15 Å². The quantitative estimate of drug-likeness (QED) is 0.866. The molecule has 1 aromatic carbocycles. The van der Waals surface area contributed by atoms with Crippen LogP contribution >= 0.6 is 0 Å². The highest BCUT2D eigenvalue weighted by Crippen LogP contribution is 2.36. The van der Waals surface area contributed by atoms with Crippen LogP contribution in [-0.4, -0.2) is 7.11 Å². The van der Waals surface area contributed by atoms with Crippen LogP contribution in [0.2, 0.25) is 0 Å². The number of ether oxygens (including phenoxy) is 1. The molecule has 0 aliphatic heterocycles. The number of furan rings is 1. The Labute approximate surface area is 102 Å². The first-order chi connectivity index (χ1) is 7.97. The molecule has 92 valence electrons. The molecule has 2 rings (SSSR count). The maximum absolute atomic E-state index is 5.79. The smallest absolute Gasteiger partial charge is 0.134 e. The lowest BCUT2D eigenvalue weighted by Crippen LogP contribution is -2.14. The number of hydrogen-bond acceptors (Lipinski definition) is 3. The van der Waals surface area contributed by atoms with E-state index in [1.54, 1.807) is 7.11 Å². The fourth-order valence-corrected chi connectivity index (χ4v) is 2.22. The van der Waals surface area contributed by atoms with E-state index in [-0.39, 0.29) is 5.41 Å². The molecule has 3 heteroatoms. The van der Waals surface area contributed by atoms with Gasteiger partial charge in [-0.05, 0) is 23.6 Å². The van der Waals surface area contributed by atoms with Gasteiger partial charge in [0.15, 0.2) is 0 Å². The van der Waals surface area contributed by atoms with Crippen LogP contribution in [0, 0.1) is 0 Å². The van der Waals surface area contributed by atoms with Crippen LogP contribution in [0.15, 0.2) is 22.6 Å². The average Bonchev–Trinajstić information content (AvgIpc) is 2.65. The molecule has 0 radical (unpaired) electrons. The topological polar surface area (TPSA) is 48.4 Å². The van der Waals surface area contributed by atoms with Crippen molar-refractivity contribution in [2.45, 2.75) is 32.7 Å². The Bertz CT molecular complexity index is 535. The predicted molar refractivity (Wildman–Crippen MR) is 69.4 cm³/mol. The van der Waals surface area contributed by atoms with Gasteiger partial charge in [0.25, 0.3) is 0 Å². The molecule has 0 saturated carbocycles. The van der Waals surface area contributed by atoms with E-state index in [1.807, 2.05) is 18.2 Å². The number of fused-ring (bicyclic) bond motifs is 1. The summed E-state index contributed by atoms with van der Waals surface area (Å²) in [6.07, 6.45) is 0. The van der Waals surface area contributed by atoms with Crippen molar-refractivity contribution in [1.29, 1.82) is 0 Å². The minimum absolute atomic E-state index is 0.00627. The Balaban J connectivity index is 2.76. The zero-order valence-electron chi connectivity index (χ0n) is 10.8. The molecule has 1 heterocycles. The number of nitrogens with two attached hydrogens (primary N) is 1. The summed E-state index contributed by atoms with van der Waals surface area (Å²) in [6, 6.07) is 5.85. The summed E-state index contributed by atoms with van der Waals surface area (Å²) >= 11 is 0. The van der Waals surface area contributed by atoms with E-state index in [4.69, 9.17) is 14.9 Å². The molecular formula is C14H19NO2. The second-order valence-electron chi connectivity index (χ2n) is 5.22. The SMILES string of the molecule is COc1ccc2oc(CN)c(C(C)(C)C)c2c1. The molecular weight excluding hydrogens is 214 g/mol. The highest BCUT2D eigenvalue weighted by atomic mass is 16.5. The molecule has 0 aliphatic rings. The molecule has 1 aromatic heterocycles. The van der Waals surface area contributed by atoms with Gasteiger partial charge in [-0.1, -0.05) is 20.8 Å². The van der Waals surface area contributed by atoms with Crippen LogP contribution in [0.3, 0.4) is 0 Å². The Hall–Kier alpha value is -1.48. The molecule has 2 N–H and O–H groups in total. The van der Waals surface area contributed by atoms with Gasteiger partial charge in [-0.15, -0.1) is 0 Å². The second kappa shape index (κ2) is 4.08. The Morgan fingerprint density at radius 3 is 2.53 bits per heavy atom. The third-order valence-electron chi connectivity index (χ3n) is 2.90. The van der Waals surface area contributed by atoms with E-state index in [9.17, 15) is 0 Å². The summed E-state index contributed by atoms with van der Waals surface area (Å²) in [4.78, 5) is 0. The van der Waals surface area contributed by atoms with Gasteiger partial charge in [0.2, 0.25) is 0 Å². The fourth-order valence-electron chi connectivity index (χ4n) is 2.22. The van der Waals surface area contributed by atoms with Gasteiger partial charge in [0.05, 0.1) is 13.7 Å². The van der Waals surface area contributed by atoms with Gasteiger partial charge in [0.1, 0.15) is 17.1 Å². The molecule has 0 unspecified atom stereocenters. The van der Waals surface area contributed by atoms with Gasteiger partial charge < -0.3 is 14.9 Å². The predicted octanol–water partition coefficient (Wildman–Crippen LogP) is 3.20. The molecule has 2 aromatic rings.